The van der Waals surface area contributed by atoms with Crippen LogP contribution < -0.4 is 0 Å². The van der Waals surface area contributed by atoms with Crippen molar-refractivity contribution in [3.63, 3.8) is 0 Å². The highest BCUT2D eigenvalue weighted by Crippen LogP contribution is 2.15. The van der Waals surface area contributed by atoms with Gasteiger partial charge in [-0.3, -0.25) is 0 Å². The van der Waals surface area contributed by atoms with Crippen molar-refractivity contribution in [2.45, 2.75) is 122 Å². The van der Waals surface area contributed by atoms with Gasteiger partial charge in [0.2, 0.25) is 0 Å². The summed E-state index contributed by atoms with van der Waals surface area (Å²) in [6, 6.07) is 0. The zero-order valence-corrected chi connectivity index (χ0v) is 15.1. The number of hydrogen-bond acceptors (Lipinski definition) is 0. The topological polar surface area (TPSA) is 0 Å². The molecule has 134 valence electrons. The normalized spacial score (nSPS) is 18.1. The van der Waals surface area contributed by atoms with Crippen LogP contribution in [0.25, 0.3) is 0 Å². The Labute approximate surface area is 138 Å². The second kappa shape index (κ2) is 18.9. The molecule has 0 heterocycles. The van der Waals surface area contributed by atoms with Crippen molar-refractivity contribution >= 4 is 0 Å². The number of halogens is 2. The Balaban J connectivity index is 0.000000406. The average Bonchev–Trinajstić information content (AvgIpc) is 2.56. The molecule has 0 amide bonds. The molecule has 0 radical (unpaired) electrons. The van der Waals surface area contributed by atoms with Crippen LogP contribution in [0.2, 0.25) is 0 Å². The van der Waals surface area contributed by atoms with Crippen molar-refractivity contribution in [1.29, 1.82) is 0 Å². The highest BCUT2D eigenvalue weighted by molar-refractivity contribution is 4.54. The maximum atomic E-state index is 12.3. The molecular weight excluding hydrogens is 278 g/mol. The molecule has 0 saturated heterocycles. The van der Waals surface area contributed by atoms with E-state index in [0.717, 1.165) is 12.8 Å². The van der Waals surface area contributed by atoms with Crippen molar-refractivity contribution in [3.8, 4) is 0 Å². The minimum atomic E-state index is -1.21. The van der Waals surface area contributed by atoms with Crippen molar-refractivity contribution in [3.05, 3.63) is 0 Å². The molecule has 1 atom stereocenters. The molecule has 22 heavy (non-hydrogen) atoms. The minimum absolute atomic E-state index is 0.405. The van der Waals surface area contributed by atoms with E-state index in [0.29, 0.717) is 6.42 Å². The standard InChI is InChI=1S/C10H20F2.C10H20/c1-2-3-4-5-6-7-8-10(12)9-11;1-2-4-6-8-10-9-7-5-3-1/h10H,2-9H2,1H3;1-10H2. The number of hydrogen-bond donors (Lipinski definition) is 0. The Morgan fingerprint density at radius 3 is 1.36 bits per heavy atom. The van der Waals surface area contributed by atoms with Gasteiger partial charge in [0.25, 0.3) is 0 Å². The molecule has 1 unspecified atom stereocenters. The van der Waals surface area contributed by atoms with Crippen LogP contribution in [0, 0.1) is 0 Å². The molecule has 1 rings (SSSR count). The maximum Gasteiger partial charge on any atom is 0.128 e. The van der Waals surface area contributed by atoms with Gasteiger partial charge < -0.3 is 0 Å². The molecule has 1 aliphatic rings. The number of alkyl halides is 2. The quantitative estimate of drug-likeness (QED) is 0.398. The van der Waals surface area contributed by atoms with Crippen LogP contribution >= 0.6 is 0 Å². The van der Waals surface area contributed by atoms with Gasteiger partial charge in [0.15, 0.2) is 0 Å². The van der Waals surface area contributed by atoms with E-state index in [1.54, 1.807) is 0 Å². The van der Waals surface area contributed by atoms with Crippen LogP contribution in [0.15, 0.2) is 0 Å². The summed E-state index contributed by atoms with van der Waals surface area (Å²) in [6.45, 7) is 1.36. The Kier molecular flexibility index (Phi) is 18.8. The fourth-order valence-electron chi connectivity index (χ4n) is 2.99. The summed E-state index contributed by atoms with van der Waals surface area (Å²) in [4.78, 5) is 0. The van der Waals surface area contributed by atoms with Crippen molar-refractivity contribution in [1.82, 2.24) is 0 Å². The van der Waals surface area contributed by atoms with Crippen molar-refractivity contribution in [2.24, 2.45) is 0 Å². The molecule has 0 nitrogen and oxygen atoms in total. The molecule has 0 bridgehead atoms. The Morgan fingerprint density at radius 2 is 1.00 bits per heavy atom. The second-order valence-corrected chi connectivity index (χ2v) is 6.84. The Hall–Kier alpha value is -0.140. The van der Waals surface area contributed by atoms with E-state index in [9.17, 15) is 8.78 Å². The van der Waals surface area contributed by atoms with E-state index in [-0.39, 0.29) is 0 Å². The summed E-state index contributed by atoms with van der Waals surface area (Å²) in [5.41, 5.74) is 0. The van der Waals surface area contributed by atoms with Gasteiger partial charge >= 0.3 is 0 Å². The van der Waals surface area contributed by atoms with Crippen molar-refractivity contribution < 1.29 is 8.78 Å². The highest BCUT2D eigenvalue weighted by Gasteiger charge is 2.03. The molecule has 0 aliphatic heterocycles. The second-order valence-electron chi connectivity index (χ2n) is 6.84. The van der Waals surface area contributed by atoms with Gasteiger partial charge in [0.05, 0.1) is 0 Å². The summed E-state index contributed by atoms with van der Waals surface area (Å²) >= 11 is 0. The van der Waals surface area contributed by atoms with Gasteiger partial charge in [-0.15, -0.1) is 0 Å². The largest absolute Gasteiger partial charge is 0.248 e. The van der Waals surface area contributed by atoms with Crippen LogP contribution in [0.1, 0.15) is 116 Å². The lowest BCUT2D eigenvalue weighted by Crippen LogP contribution is -2.01. The third-order valence-corrected chi connectivity index (χ3v) is 4.54. The van der Waals surface area contributed by atoms with E-state index in [1.165, 1.54) is 89.9 Å². The predicted molar refractivity (Wildman–Crippen MR) is 95.0 cm³/mol. The van der Waals surface area contributed by atoms with Crippen LogP contribution in [0.4, 0.5) is 8.78 Å². The average molecular weight is 319 g/mol. The van der Waals surface area contributed by atoms with E-state index in [1.807, 2.05) is 0 Å². The van der Waals surface area contributed by atoms with Gasteiger partial charge in [-0.05, 0) is 6.42 Å². The Bertz CT molecular complexity index is 161. The van der Waals surface area contributed by atoms with E-state index < -0.39 is 12.8 Å². The summed E-state index contributed by atoms with van der Waals surface area (Å²) in [7, 11) is 0. The SMILES string of the molecule is C1CCCCCCCCC1.CCCCCCCCC(F)CF. The lowest BCUT2D eigenvalue weighted by atomic mass is 10.0. The zero-order valence-electron chi connectivity index (χ0n) is 15.1. The molecule has 0 spiro atoms. The van der Waals surface area contributed by atoms with E-state index in [2.05, 4.69) is 6.92 Å². The first-order valence-corrected chi connectivity index (χ1v) is 10.0. The predicted octanol–water partition coefficient (Wildman–Crippen LogP) is 7.95. The van der Waals surface area contributed by atoms with E-state index >= 15 is 0 Å². The van der Waals surface area contributed by atoms with Gasteiger partial charge in [-0.1, -0.05) is 110 Å². The molecule has 2 heteroatoms. The summed E-state index contributed by atoms with van der Waals surface area (Å²) < 4.78 is 24.0. The number of unbranched alkanes of at least 4 members (excludes halogenated alkanes) is 5. The van der Waals surface area contributed by atoms with Gasteiger partial charge in [0.1, 0.15) is 12.8 Å². The molecule has 0 aromatic carbocycles. The van der Waals surface area contributed by atoms with Crippen LogP contribution in [0.3, 0.4) is 0 Å². The van der Waals surface area contributed by atoms with Gasteiger partial charge in [0, 0.05) is 0 Å². The molecule has 0 aromatic heterocycles. The molecule has 1 fully saturated rings. The summed E-state index contributed by atoms with van der Waals surface area (Å²) in [5, 5.41) is 0. The van der Waals surface area contributed by atoms with E-state index in [4.69, 9.17) is 0 Å². The monoisotopic (exact) mass is 318 g/mol. The summed E-state index contributed by atoms with van der Waals surface area (Å²) in [5.74, 6) is 0. The minimum Gasteiger partial charge on any atom is -0.248 e. The zero-order chi connectivity index (χ0) is 16.3. The van der Waals surface area contributed by atoms with Crippen LogP contribution in [-0.2, 0) is 0 Å². The molecule has 0 N–H and O–H groups in total. The first-order valence-electron chi connectivity index (χ1n) is 10.0. The summed E-state index contributed by atoms with van der Waals surface area (Å²) in [6.07, 6.45) is 21.0. The molecule has 1 saturated carbocycles. The Morgan fingerprint density at radius 1 is 0.636 bits per heavy atom. The third kappa shape index (κ3) is 17.9. The molecular formula is C20H40F2. The lowest BCUT2D eigenvalue weighted by Gasteiger charge is -2.05. The maximum absolute atomic E-state index is 12.3. The van der Waals surface area contributed by atoms with Gasteiger partial charge in [-0.25, -0.2) is 8.78 Å². The fraction of sp³-hybridized carbons (Fsp3) is 1.00. The highest BCUT2D eigenvalue weighted by atomic mass is 19.2. The smallest absolute Gasteiger partial charge is 0.128 e. The van der Waals surface area contributed by atoms with Gasteiger partial charge in [-0.2, -0.15) is 0 Å². The first kappa shape index (κ1) is 21.9. The first-order chi connectivity index (χ1) is 10.8. The lowest BCUT2D eigenvalue weighted by molar-refractivity contribution is 0.241. The molecule has 0 aromatic rings. The molecule has 1 aliphatic carbocycles. The van der Waals surface area contributed by atoms with Crippen molar-refractivity contribution in [2.75, 3.05) is 6.67 Å². The third-order valence-electron chi connectivity index (χ3n) is 4.54. The van der Waals surface area contributed by atoms with Crippen LogP contribution in [0.5, 0.6) is 0 Å². The number of rotatable bonds is 8. The fourth-order valence-corrected chi connectivity index (χ4v) is 2.99. The van der Waals surface area contributed by atoms with Crippen LogP contribution in [-0.4, -0.2) is 12.8 Å².